The van der Waals surface area contributed by atoms with Gasteiger partial charge in [0.2, 0.25) is 0 Å². The Morgan fingerprint density at radius 3 is 2.09 bits per heavy atom. The summed E-state index contributed by atoms with van der Waals surface area (Å²) in [5, 5.41) is 0. The quantitative estimate of drug-likeness (QED) is 0.418. The van der Waals surface area contributed by atoms with Crippen molar-refractivity contribution in [3.63, 3.8) is 0 Å². The Morgan fingerprint density at radius 2 is 1.57 bits per heavy atom. The zero-order valence-electron chi connectivity index (χ0n) is 13.4. The van der Waals surface area contributed by atoms with Gasteiger partial charge < -0.3 is 0 Å². The molecule has 0 aromatic heterocycles. The first-order chi connectivity index (χ1) is 11.0. The fourth-order valence-corrected chi connectivity index (χ4v) is 2.92. The molecule has 124 valence electrons. The summed E-state index contributed by atoms with van der Waals surface area (Å²) in [6.07, 6.45) is 6.35. The molecular weight excluding hydrogens is 297 g/mol. The summed E-state index contributed by atoms with van der Waals surface area (Å²) in [7, 11) is 0. The van der Waals surface area contributed by atoms with E-state index in [4.69, 9.17) is 0 Å². The molecule has 1 aromatic rings. The monoisotopic (exact) mass is 320 g/mol. The lowest BCUT2D eigenvalue weighted by Gasteiger charge is -2.11. The minimum atomic E-state index is -4.29. The van der Waals surface area contributed by atoms with Crippen LogP contribution in [-0.2, 0) is 6.18 Å². The number of rotatable bonds is 3. The number of alkyl halides is 3. The molecule has 0 heterocycles. The molecule has 0 spiro atoms. The van der Waals surface area contributed by atoms with E-state index in [0.717, 1.165) is 36.1 Å². The minimum Gasteiger partial charge on any atom is -0.166 e. The van der Waals surface area contributed by atoms with Crippen molar-refractivity contribution >= 4 is 5.57 Å². The highest BCUT2D eigenvalue weighted by Gasteiger charge is 2.29. The maximum atomic E-state index is 12.7. The lowest BCUT2D eigenvalue weighted by atomic mass is 9.94. The maximum Gasteiger partial charge on any atom is 0.416 e. The van der Waals surface area contributed by atoms with Crippen molar-refractivity contribution in [3.05, 3.63) is 59.4 Å². The Bertz CT molecular complexity index is 574. The van der Waals surface area contributed by atoms with Gasteiger partial charge in [0, 0.05) is 5.57 Å². The van der Waals surface area contributed by atoms with E-state index in [9.17, 15) is 13.2 Å². The average molecular weight is 320 g/mol. The third kappa shape index (κ3) is 5.44. The fourth-order valence-electron chi connectivity index (χ4n) is 2.92. The highest BCUT2D eigenvalue weighted by Crippen LogP contribution is 2.31. The molecule has 0 atom stereocenters. The van der Waals surface area contributed by atoms with Crippen molar-refractivity contribution in [2.45, 2.75) is 57.5 Å². The first-order valence-electron chi connectivity index (χ1n) is 8.27. The molecule has 2 rings (SSSR count). The van der Waals surface area contributed by atoms with Gasteiger partial charge in [0.1, 0.15) is 0 Å². The van der Waals surface area contributed by atoms with Crippen LogP contribution in [0.1, 0.15) is 62.5 Å². The maximum absolute atomic E-state index is 12.7. The van der Waals surface area contributed by atoms with Gasteiger partial charge in [0.05, 0.1) is 5.56 Å². The zero-order chi connectivity index (χ0) is 16.7. The molecule has 0 radical (unpaired) electrons. The second-order valence-electron chi connectivity index (χ2n) is 6.04. The van der Waals surface area contributed by atoms with Gasteiger partial charge in [0.25, 0.3) is 0 Å². The van der Waals surface area contributed by atoms with Crippen LogP contribution in [0.4, 0.5) is 13.2 Å². The predicted molar refractivity (Wildman–Crippen MR) is 89.0 cm³/mol. The van der Waals surface area contributed by atoms with Gasteiger partial charge in [0.15, 0.2) is 0 Å². The van der Waals surface area contributed by atoms with Gasteiger partial charge in [-0.15, -0.1) is 12.3 Å². The highest BCUT2D eigenvalue weighted by atomic mass is 19.4. The van der Waals surface area contributed by atoms with Crippen molar-refractivity contribution in [1.29, 1.82) is 0 Å². The molecule has 0 unspecified atom stereocenters. The molecule has 0 N–H and O–H groups in total. The Kier molecular flexibility index (Phi) is 6.29. The summed E-state index contributed by atoms with van der Waals surface area (Å²) in [6.45, 7) is 3.76. The first kappa shape index (κ1) is 17.6. The van der Waals surface area contributed by atoms with Crippen molar-refractivity contribution in [2.24, 2.45) is 0 Å². The van der Waals surface area contributed by atoms with Gasteiger partial charge in [-0.2, -0.15) is 13.2 Å². The third-order valence-corrected chi connectivity index (χ3v) is 4.19. The molecule has 0 nitrogen and oxygen atoms in total. The van der Waals surface area contributed by atoms with E-state index in [0.29, 0.717) is 6.42 Å². The predicted octanol–water partition coefficient (Wildman–Crippen LogP) is 6.93. The van der Waals surface area contributed by atoms with Crippen LogP contribution in [0.3, 0.4) is 0 Å². The van der Waals surface area contributed by atoms with Crippen molar-refractivity contribution in [3.8, 4) is 0 Å². The summed E-state index contributed by atoms with van der Waals surface area (Å²) in [5.74, 6) is 0. The molecule has 0 bridgehead atoms. The Balaban J connectivity index is 2.32. The molecule has 1 aromatic carbocycles. The molecular formula is C20H23F3. The van der Waals surface area contributed by atoms with Crippen LogP contribution < -0.4 is 0 Å². The number of hydrogen-bond acceptors (Lipinski definition) is 0. The van der Waals surface area contributed by atoms with Crippen LogP contribution in [-0.4, -0.2) is 0 Å². The summed E-state index contributed by atoms with van der Waals surface area (Å²) in [4.78, 5) is 0. The van der Waals surface area contributed by atoms with Crippen LogP contribution in [0.5, 0.6) is 0 Å². The van der Waals surface area contributed by atoms with E-state index in [-0.39, 0.29) is 0 Å². The first-order valence-corrected chi connectivity index (χ1v) is 8.27. The topological polar surface area (TPSA) is 0 Å². The van der Waals surface area contributed by atoms with Gasteiger partial charge in [-0.25, -0.2) is 0 Å². The summed E-state index contributed by atoms with van der Waals surface area (Å²) >= 11 is 0. The van der Waals surface area contributed by atoms with Crippen molar-refractivity contribution < 1.29 is 13.2 Å². The van der Waals surface area contributed by atoms with Crippen molar-refractivity contribution in [1.82, 2.24) is 0 Å². The SMILES string of the molecule is C=CCC(=C=C1CCCCCCC1)c1ccc(C(F)(F)F)cc1. The molecule has 1 aliphatic carbocycles. The van der Waals surface area contributed by atoms with Gasteiger partial charge in [-0.05, 0) is 55.4 Å². The third-order valence-electron chi connectivity index (χ3n) is 4.19. The zero-order valence-corrected chi connectivity index (χ0v) is 13.4. The molecule has 23 heavy (non-hydrogen) atoms. The summed E-state index contributed by atoms with van der Waals surface area (Å²) in [6, 6.07) is 5.36. The Labute approximate surface area is 136 Å². The van der Waals surface area contributed by atoms with Crippen LogP contribution in [0.15, 0.2) is 48.2 Å². The second-order valence-corrected chi connectivity index (χ2v) is 6.04. The van der Waals surface area contributed by atoms with Crippen LogP contribution >= 0.6 is 0 Å². The smallest absolute Gasteiger partial charge is 0.166 e. The lowest BCUT2D eigenvalue weighted by Crippen LogP contribution is -2.04. The lowest BCUT2D eigenvalue weighted by molar-refractivity contribution is -0.137. The minimum absolute atomic E-state index is 0.613. The summed E-state index contributed by atoms with van der Waals surface area (Å²) in [5.41, 5.74) is 5.89. The van der Waals surface area contributed by atoms with Crippen LogP contribution in [0.25, 0.3) is 5.57 Å². The van der Waals surface area contributed by atoms with Crippen LogP contribution in [0, 0.1) is 0 Å². The van der Waals surface area contributed by atoms with Gasteiger partial charge >= 0.3 is 6.18 Å². The fraction of sp³-hybridized carbons (Fsp3) is 0.450. The normalized spacial score (nSPS) is 16.2. The summed E-state index contributed by atoms with van der Waals surface area (Å²) < 4.78 is 38.0. The highest BCUT2D eigenvalue weighted by molar-refractivity contribution is 5.66. The van der Waals surface area contributed by atoms with E-state index in [1.54, 1.807) is 6.08 Å². The van der Waals surface area contributed by atoms with E-state index in [2.05, 4.69) is 12.3 Å². The van der Waals surface area contributed by atoms with Crippen LogP contribution in [0.2, 0.25) is 0 Å². The van der Waals surface area contributed by atoms with E-state index in [1.807, 2.05) is 0 Å². The molecule has 1 aliphatic rings. The molecule has 1 fully saturated rings. The molecule has 0 saturated heterocycles. The molecule has 1 saturated carbocycles. The average Bonchev–Trinajstić information content (AvgIpc) is 2.48. The number of benzene rings is 1. The second kappa shape index (κ2) is 8.21. The molecule has 0 amide bonds. The number of halogens is 3. The van der Waals surface area contributed by atoms with Crippen molar-refractivity contribution in [2.75, 3.05) is 0 Å². The number of hydrogen-bond donors (Lipinski definition) is 0. The van der Waals surface area contributed by atoms with Gasteiger partial charge in [-0.3, -0.25) is 0 Å². The molecule has 0 aliphatic heterocycles. The Morgan fingerprint density at radius 1 is 1.00 bits per heavy atom. The largest absolute Gasteiger partial charge is 0.416 e. The van der Waals surface area contributed by atoms with E-state index in [1.165, 1.54) is 49.8 Å². The van der Waals surface area contributed by atoms with E-state index >= 15 is 0 Å². The number of allylic oxidation sites excluding steroid dienone is 2. The van der Waals surface area contributed by atoms with Gasteiger partial charge in [-0.1, -0.05) is 37.5 Å². The standard InChI is InChI=1S/C20H23F3/c1-2-8-18(15-16-9-6-4-3-5-7-10-16)17-11-13-19(14-12-17)20(21,22)23/h2,11-14H,1,3-10H2. The Hall–Kier alpha value is -1.73. The molecule has 3 heteroatoms. The van der Waals surface area contributed by atoms with E-state index < -0.39 is 11.7 Å².